The number of carbonyl (C=O) groups excluding carboxylic acids is 1. The number of pyridine rings is 1. The molecule has 138 valence electrons. The van der Waals surface area contributed by atoms with E-state index in [9.17, 15) is 4.79 Å². The Morgan fingerprint density at radius 1 is 1.19 bits per heavy atom. The summed E-state index contributed by atoms with van der Waals surface area (Å²) in [5.41, 5.74) is 0.540. The molecule has 1 amide bonds. The Labute approximate surface area is 152 Å². The van der Waals surface area contributed by atoms with E-state index >= 15 is 0 Å². The van der Waals surface area contributed by atoms with Crippen LogP contribution in [0.4, 0.5) is 0 Å². The molecule has 1 aliphatic heterocycles. The molecular weight excluding hydrogens is 336 g/mol. The van der Waals surface area contributed by atoms with E-state index in [-0.39, 0.29) is 12.0 Å². The Hall–Kier alpha value is -2.90. The van der Waals surface area contributed by atoms with Crippen LogP contribution in [0.5, 0.6) is 17.6 Å². The SMILES string of the molecule is CCOc1ccc(C(=O)N2CCCC(Oc3ccc(OC)nn3)C2)cn1. The van der Waals surface area contributed by atoms with Crippen LogP contribution in [0, 0.1) is 0 Å². The molecule has 0 aromatic carbocycles. The zero-order chi connectivity index (χ0) is 18.4. The molecule has 2 aromatic heterocycles. The summed E-state index contributed by atoms with van der Waals surface area (Å²) < 4.78 is 16.2. The summed E-state index contributed by atoms with van der Waals surface area (Å²) in [6.07, 6.45) is 3.15. The Kier molecular flexibility index (Phi) is 5.83. The van der Waals surface area contributed by atoms with E-state index < -0.39 is 0 Å². The van der Waals surface area contributed by atoms with Crippen molar-refractivity contribution >= 4 is 5.91 Å². The lowest BCUT2D eigenvalue weighted by Gasteiger charge is -2.32. The third-order valence-corrected chi connectivity index (χ3v) is 4.05. The number of hydrogen-bond acceptors (Lipinski definition) is 7. The Morgan fingerprint density at radius 2 is 1.96 bits per heavy atom. The number of amides is 1. The van der Waals surface area contributed by atoms with Gasteiger partial charge in [0.25, 0.3) is 5.91 Å². The minimum atomic E-state index is -0.119. The van der Waals surface area contributed by atoms with Crippen LogP contribution in [-0.2, 0) is 0 Å². The monoisotopic (exact) mass is 358 g/mol. The van der Waals surface area contributed by atoms with Gasteiger partial charge in [0.05, 0.1) is 25.8 Å². The molecule has 0 bridgehead atoms. The van der Waals surface area contributed by atoms with Crippen molar-refractivity contribution in [3.05, 3.63) is 36.0 Å². The van der Waals surface area contributed by atoms with Crippen molar-refractivity contribution in [2.75, 3.05) is 26.8 Å². The highest BCUT2D eigenvalue weighted by Crippen LogP contribution is 2.19. The van der Waals surface area contributed by atoms with Crippen LogP contribution in [0.2, 0.25) is 0 Å². The molecule has 1 fully saturated rings. The average molecular weight is 358 g/mol. The van der Waals surface area contributed by atoms with Gasteiger partial charge in [-0.25, -0.2) is 4.98 Å². The van der Waals surface area contributed by atoms with Crippen molar-refractivity contribution in [1.82, 2.24) is 20.1 Å². The number of ether oxygens (including phenoxy) is 3. The van der Waals surface area contributed by atoms with Gasteiger partial charge >= 0.3 is 0 Å². The number of carbonyl (C=O) groups is 1. The highest BCUT2D eigenvalue weighted by Gasteiger charge is 2.26. The molecule has 1 atom stereocenters. The first-order valence-electron chi connectivity index (χ1n) is 8.62. The molecule has 0 aliphatic carbocycles. The number of piperidine rings is 1. The number of rotatable bonds is 6. The lowest BCUT2D eigenvalue weighted by molar-refractivity contribution is 0.0524. The van der Waals surface area contributed by atoms with Crippen LogP contribution in [0.1, 0.15) is 30.1 Å². The zero-order valence-electron chi connectivity index (χ0n) is 14.9. The van der Waals surface area contributed by atoms with Crippen molar-refractivity contribution < 1.29 is 19.0 Å². The van der Waals surface area contributed by atoms with Gasteiger partial charge in [-0.05, 0) is 25.8 Å². The van der Waals surface area contributed by atoms with Gasteiger partial charge in [0.2, 0.25) is 17.6 Å². The highest BCUT2D eigenvalue weighted by atomic mass is 16.5. The lowest BCUT2D eigenvalue weighted by atomic mass is 10.1. The minimum Gasteiger partial charge on any atom is -0.480 e. The number of hydrogen-bond donors (Lipinski definition) is 0. The summed E-state index contributed by atoms with van der Waals surface area (Å²) >= 11 is 0. The molecule has 8 nitrogen and oxygen atoms in total. The third kappa shape index (κ3) is 4.38. The molecule has 0 spiro atoms. The van der Waals surface area contributed by atoms with E-state index in [0.29, 0.717) is 42.9 Å². The van der Waals surface area contributed by atoms with E-state index in [1.54, 1.807) is 35.4 Å². The average Bonchev–Trinajstić information content (AvgIpc) is 2.69. The van der Waals surface area contributed by atoms with Crippen LogP contribution in [0.25, 0.3) is 0 Å². The first-order chi connectivity index (χ1) is 12.7. The van der Waals surface area contributed by atoms with Gasteiger partial charge in [0.15, 0.2) is 0 Å². The van der Waals surface area contributed by atoms with Gasteiger partial charge in [-0.15, -0.1) is 10.2 Å². The second-order valence-corrected chi connectivity index (χ2v) is 5.87. The molecule has 0 radical (unpaired) electrons. The van der Waals surface area contributed by atoms with Gasteiger partial charge in [0.1, 0.15) is 6.10 Å². The Balaban J connectivity index is 1.60. The maximum absolute atomic E-state index is 12.7. The van der Waals surface area contributed by atoms with E-state index in [1.165, 1.54) is 7.11 Å². The predicted octanol–water partition coefficient (Wildman–Crippen LogP) is 1.96. The number of aromatic nitrogens is 3. The molecule has 0 N–H and O–H groups in total. The molecular formula is C18H22N4O4. The summed E-state index contributed by atoms with van der Waals surface area (Å²) in [4.78, 5) is 18.6. The van der Waals surface area contributed by atoms with Crippen LogP contribution >= 0.6 is 0 Å². The molecule has 1 saturated heterocycles. The van der Waals surface area contributed by atoms with E-state index in [1.807, 2.05) is 6.92 Å². The van der Waals surface area contributed by atoms with Crippen LogP contribution in [-0.4, -0.2) is 58.9 Å². The van der Waals surface area contributed by atoms with Gasteiger partial charge in [-0.2, -0.15) is 0 Å². The molecule has 1 aliphatic rings. The fourth-order valence-corrected chi connectivity index (χ4v) is 2.79. The van der Waals surface area contributed by atoms with Gasteiger partial charge in [-0.1, -0.05) is 0 Å². The molecule has 0 saturated carbocycles. The Bertz CT molecular complexity index is 721. The lowest BCUT2D eigenvalue weighted by Crippen LogP contribution is -2.44. The third-order valence-electron chi connectivity index (χ3n) is 4.05. The van der Waals surface area contributed by atoms with Crippen molar-refractivity contribution in [2.45, 2.75) is 25.9 Å². The van der Waals surface area contributed by atoms with Crippen molar-refractivity contribution in [1.29, 1.82) is 0 Å². The molecule has 8 heteroatoms. The predicted molar refractivity (Wildman–Crippen MR) is 93.5 cm³/mol. The van der Waals surface area contributed by atoms with E-state index in [2.05, 4.69) is 15.2 Å². The summed E-state index contributed by atoms with van der Waals surface area (Å²) in [6, 6.07) is 6.85. The van der Waals surface area contributed by atoms with Crippen molar-refractivity contribution in [2.24, 2.45) is 0 Å². The maximum atomic E-state index is 12.7. The van der Waals surface area contributed by atoms with Crippen LogP contribution in [0.15, 0.2) is 30.5 Å². The number of methoxy groups -OCH3 is 1. The van der Waals surface area contributed by atoms with Crippen LogP contribution < -0.4 is 14.2 Å². The zero-order valence-corrected chi connectivity index (χ0v) is 14.9. The van der Waals surface area contributed by atoms with Gasteiger partial charge in [-0.3, -0.25) is 4.79 Å². The first-order valence-corrected chi connectivity index (χ1v) is 8.62. The summed E-state index contributed by atoms with van der Waals surface area (Å²) in [6.45, 7) is 3.63. The molecule has 3 heterocycles. The molecule has 3 rings (SSSR count). The standard InChI is InChI=1S/C18H22N4O4/c1-3-25-15-7-6-13(11-19-15)18(23)22-10-4-5-14(12-22)26-17-9-8-16(24-2)20-21-17/h6-9,11,14H,3-5,10,12H2,1-2H3. The molecule has 26 heavy (non-hydrogen) atoms. The quantitative estimate of drug-likeness (QED) is 0.780. The number of likely N-dealkylation sites (tertiary alicyclic amines) is 1. The van der Waals surface area contributed by atoms with Crippen LogP contribution in [0.3, 0.4) is 0 Å². The fourth-order valence-electron chi connectivity index (χ4n) is 2.79. The molecule has 1 unspecified atom stereocenters. The summed E-state index contributed by atoms with van der Waals surface area (Å²) in [5.74, 6) is 1.31. The molecule has 2 aromatic rings. The maximum Gasteiger partial charge on any atom is 0.255 e. The van der Waals surface area contributed by atoms with Gasteiger partial charge < -0.3 is 19.1 Å². The highest BCUT2D eigenvalue weighted by molar-refractivity contribution is 5.94. The van der Waals surface area contributed by atoms with E-state index in [4.69, 9.17) is 14.2 Å². The Morgan fingerprint density at radius 3 is 2.62 bits per heavy atom. The van der Waals surface area contributed by atoms with Crippen molar-refractivity contribution in [3.8, 4) is 17.6 Å². The van der Waals surface area contributed by atoms with E-state index in [0.717, 1.165) is 12.8 Å². The van der Waals surface area contributed by atoms with Gasteiger partial charge in [0, 0.05) is 30.9 Å². The minimum absolute atomic E-state index is 0.0605. The normalized spacial score (nSPS) is 16.8. The number of nitrogens with zero attached hydrogens (tertiary/aromatic N) is 4. The van der Waals surface area contributed by atoms with Crippen molar-refractivity contribution in [3.63, 3.8) is 0 Å². The largest absolute Gasteiger partial charge is 0.480 e. The summed E-state index contributed by atoms with van der Waals surface area (Å²) in [7, 11) is 1.53. The second-order valence-electron chi connectivity index (χ2n) is 5.87. The summed E-state index contributed by atoms with van der Waals surface area (Å²) in [5, 5.41) is 7.86. The fraction of sp³-hybridized carbons (Fsp3) is 0.444. The second kappa shape index (κ2) is 8.46. The topological polar surface area (TPSA) is 86.7 Å². The smallest absolute Gasteiger partial charge is 0.255 e. The first kappa shape index (κ1) is 17.9.